The van der Waals surface area contributed by atoms with Gasteiger partial charge in [0, 0.05) is 5.69 Å². The molecule has 0 bridgehead atoms. The van der Waals surface area contributed by atoms with Gasteiger partial charge in [0.05, 0.1) is 24.6 Å². The maximum absolute atomic E-state index is 12.6. The molecule has 0 aromatic carbocycles. The van der Waals surface area contributed by atoms with Crippen LogP contribution in [-0.2, 0) is 20.7 Å². The second-order valence-corrected chi connectivity index (χ2v) is 6.57. The molecule has 0 atom stereocenters. The predicted octanol–water partition coefficient (Wildman–Crippen LogP) is 2.70. The van der Waals surface area contributed by atoms with Gasteiger partial charge in [-0.3, -0.25) is 4.79 Å². The van der Waals surface area contributed by atoms with Crippen molar-refractivity contribution in [1.29, 1.82) is 0 Å². The highest BCUT2D eigenvalue weighted by Gasteiger charge is 2.25. The number of aromatic nitrogens is 1. The van der Waals surface area contributed by atoms with Crippen molar-refractivity contribution in [3.63, 3.8) is 0 Å². The molecule has 0 aliphatic heterocycles. The zero-order valence-corrected chi connectivity index (χ0v) is 14.7. The lowest BCUT2D eigenvalue weighted by atomic mass is 10.2. The zero-order valence-electron chi connectivity index (χ0n) is 14.7. The van der Waals surface area contributed by atoms with Crippen LogP contribution < -0.4 is 0 Å². The molecule has 0 radical (unpaired) electrons. The minimum absolute atomic E-state index is 0.0986. The van der Waals surface area contributed by atoms with Crippen LogP contribution in [0.2, 0.25) is 0 Å². The number of methoxy groups -OCH3 is 1. The summed E-state index contributed by atoms with van der Waals surface area (Å²) in [4.78, 5) is 35.5. The molecule has 0 amide bonds. The van der Waals surface area contributed by atoms with Crippen LogP contribution in [-0.4, -0.2) is 40.1 Å². The summed E-state index contributed by atoms with van der Waals surface area (Å²) in [6.45, 7) is 5.23. The van der Waals surface area contributed by atoms with Gasteiger partial charge >= 0.3 is 17.9 Å². The zero-order chi connectivity index (χ0) is 18.8. The smallest absolute Gasteiger partial charge is 0.355 e. The second-order valence-electron chi connectivity index (χ2n) is 6.57. The number of carboxylic acids is 1. The molecule has 0 spiro atoms. The fourth-order valence-corrected chi connectivity index (χ4v) is 2.51. The summed E-state index contributed by atoms with van der Waals surface area (Å²) >= 11 is 0. The van der Waals surface area contributed by atoms with Crippen molar-refractivity contribution in [2.45, 2.75) is 39.2 Å². The van der Waals surface area contributed by atoms with E-state index in [1.54, 1.807) is 43.4 Å². The molecule has 0 saturated carbocycles. The summed E-state index contributed by atoms with van der Waals surface area (Å²) in [5.74, 6) is -2.13. The van der Waals surface area contributed by atoms with Crippen molar-refractivity contribution in [3.05, 3.63) is 41.2 Å². The summed E-state index contributed by atoms with van der Waals surface area (Å²) in [5, 5.41) is 8.93. The van der Waals surface area contributed by atoms with Crippen LogP contribution in [0, 0.1) is 0 Å². The Morgan fingerprint density at radius 2 is 1.84 bits per heavy atom. The first kappa shape index (κ1) is 18.5. The molecule has 2 aromatic rings. The number of carboxylic acid groups (broad SMARTS) is 1. The molecular weight excluding hydrogens is 326 g/mol. The molecule has 134 valence electrons. The Kier molecular flexibility index (Phi) is 5.15. The van der Waals surface area contributed by atoms with Gasteiger partial charge in [0.1, 0.15) is 11.3 Å². The highest BCUT2D eigenvalue weighted by atomic mass is 16.6. The van der Waals surface area contributed by atoms with Crippen molar-refractivity contribution < 1.29 is 29.0 Å². The van der Waals surface area contributed by atoms with Gasteiger partial charge in [0.2, 0.25) is 0 Å². The molecule has 0 aliphatic rings. The first-order valence-electron chi connectivity index (χ1n) is 7.81. The quantitative estimate of drug-likeness (QED) is 0.836. The van der Waals surface area contributed by atoms with Crippen molar-refractivity contribution in [2.24, 2.45) is 0 Å². The number of fused-ring (bicyclic) bond motifs is 1. The SMILES string of the molecule is COC(=O)c1cc(C(=O)OC(C)(C)C)n2c(CCC(=O)O)cccc12. The average Bonchev–Trinajstić information content (AvgIpc) is 2.90. The molecule has 0 unspecified atom stereocenters. The third kappa shape index (κ3) is 4.17. The van der Waals surface area contributed by atoms with Crippen LogP contribution >= 0.6 is 0 Å². The van der Waals surface area contributed by atoms with E-state index in [0.717, 1.165) is 0 Å². The molecule has 7 nitrogen and oxygen atoms in total. The number of nitrogens with zero attached hydrogens (tertiary/aromatic N) is 1. The lowest BCUT2D eigenvalue weighted by Crippen LogP contribution is -2.25. The molecule has 0 aliphatic carbocycles. The largest absolute Gasteiger partial charge is 0.481 e. The fraction of sp³-hybridized carbons (Fsp3) is 0.389. The Morgan fingerprint density at radius 1 is 1.16 bits per heavy atom. The molecule has 7 heteroatoms. The second kappa shape index (κ2) is 6.96. The Labute approximate surface area is 145 Å². The molecule has 2 heterocycles. The van der Waals surface area contributed by atoms with Crippen LogP contribution in [0.4, 0.5) is 0 Å². The molecule has 0 saturated heterocycles. The van der Waals surface area contributed by atoms with E-state index in [2.05, 4.69) is 0 Å². The molecular formula is C18H21NO6. The van der Waals surface area contributed by atoms with E-state index in [1.807, 2.05) is 0 Å². The number of carbonyl (C=O) groups is 3. The topological polar surface area (TPSA) is 94.3 Å². The van der Waals surface area contributed by atoms with Gasteiger partial charge in [-0.15, -0.1) is 0 Å². The first-order chi connectivity index (χ1) is 11.6. The summed E-state index contributed by atoms with van der Waals surface area (Å²) in [6, 6.07) is 6.51. The minimum atomic E-state index is -0.948. The first-order valence-corrected chi connectivity index (χ1v) is 7.81. The van der Waals surface area contributed by atoms with Gasteiger partial charge in [-0.1, -0.05) is 6.07 Å². The van der Waals surface area contributed by atoms with Crippen LogP contribution in [0.25, 0.3) is 5.52 Å². The van der Waals surface area contributed by atoms with E-state index in [9.17, 15) is 14.4 Å². The van der Waals surface area contributed by atoms with Gasteiger partial charge in [0.15, 0.2) is 0 Å². The molecule has 2 rings (SSSR count). The van der Waals surface area contributed by atoms with Gasteiger partial charge in [0.25, 0.3) is 0 Å². The van der Waals surface area contributed by atoms with Crippen molar-refractivity contribution in [2.75, 3.05) is 7.11 Å². The normalized spacial score (nSPS) is 11.4. The molecule has 0 fully saturated rings. The van der Waals surface area contributed by atoms with Crippen LogP contribution in [0.3, 0.4) is 0 Å². The van der Waals surface area contributed by atoms with Crippen LogP contribution in [0.15, 0.2) is 24.3 Å². The number of esters is 2. The number of hydrogen-bond donors (Lipinski definition) is 1. The van der Waals surface area contributed by atoms with E-state index < -0.39 is 23.5 Å². The van der Waals surface area contributed by atoms with Crippen molar-refractivity contribution >= 4 is 23.4 Å². The van der Waals surface area contributed by atoms with Gasteiger partial charge < -0.3 is 19.0 Å². The van der Waals surface area contributed by atoms with Crippen LogP contribution in [0.1, 0.15) is 53.7 Å². The van der Waals surface area contributed by atoms with Gasteiger partial charge in [-0.2, -0.15) is 0 Å². The number of hydrogen-bond acceptors (Lipinski definition) is 5. The van der Waals surface area contributed by atoms with Gasteiger partial charge in [-0.25, -0.2) is 9.59 Å². The highest BCUT2D eigenvalue weighted by Crippen LogP contribution is 2.23. The predicted molar refractivity (Wildman–Crippen MR) is 89.9 cm³/mol. The molecule has 1 N–H and O–H groups in total. The van der Waals surface area contributed by atoms with Gasteiger partial charge in [-0.05, 0) is 45.4 Å². The summed E-state index contributed by atoms with van der Waals surface area (Å²) in [6.07, 6.45) is 0.108. The molecule has 25 heavy (non-hydrogen) atoms. The number of ether oxygens (including phenoxy) is 2. The number of aliphatic carboxylic acids is 1. The van der Waals surface area contributed by atoms with E-state index in [4.69, 9.17) is 14.6 Å². The van der Waals surface area contributed by atoms with E-state index in [-0.39, 0.29) is 24.1 Å². The standard InChI is InChI=1S/C18H21NO6/c1-18(2,3)25-17(23)14-10-12(16(22)24-4)13-7-5-6-11(19(13)14)8-9-15(20)21/h5-7,10H,8-9H2,1-4H3,(H,20,21). The van der Waals surface area contributed by atoms with Crippen molar-refractivity contribution in [1.82, 2.24) is 4.40 Å². The monoisotopic (exact) mass is 347 g/mol. The third-order valence-electron chi connectivity index (χ3n) is 3.48. The number of carbonyl (C=O) groups excluding carboxylic acids is 2. The lowest BCUT2D eigenvalue weighted by Gasteiger charge is -2.19. The Hall–Kier alpha value is -2.83. The number of pyridine rings is 1. The summed E-state index contributed by atoms with van der Waals surface area (Å²) in [5.41, 5.74) is 0.737. The summed E-state index contributed by atoms with van der Waals surface area (Å²) in [7, 11) is 1.26. The van der Waals surface area contributed by atoms with E-state index in [1.165, 1.54) is 13.2 Å². The Morgan fingerprint density at radius 3 is 2.40 bits per heavy atom. The maximum atomic E-state index is 12.6. The fourth-order valence-electron chi connectivity index (χ4n) is 2.51. The van der Waals surface area contributed by atoms with Crippen molar-refractivity contribution in [3.8, 4) is 0 Å². The number of rotatable bonds is 5. The Bertz CT molecular complexity index is 828. The highest BCUT2D eigenvalue weighted by molar-refractivity contribution is 6.02. The average molecular weight is 347 g/mol. The molecule has 2 aromatic heterocycles. The minimum Gasteiger partial charge on any atom is -0.481 e. The van der Waals surface area contributed by atoms with E-state index >= 15 is 0 Å². The number of aryl methyl sites for hydroxylation is 1. The van der Waals surface area contributed by atoms with E-state index in [0.29, 0.717) is 11.2 Å². The summed E-state index contributed by atoms with van der Waals surface area (Å²) < 4.78 is 11.7. The van der Waals surface area contributed by atoms with Crippen LogP contribution in [0.5, 0.6) is 0 Å². The third-order valence-corrected chi connectivity index (χ3v) is 3.48. The lowest BCUT2D eigenvalue weighted by molar-refractivity contribution is -0.137. The maximum Gasteiger partial charge on any atom is 0.355 e. The Balaban J connectivity index is 2.63.